The number of hydrogen-bond acceptors (Lipinski definition) is 2. The van der Waals surface area contributed by atoms with Gasteiger partial charge in [-0.15, -0.1) is 0 Å². The highest BCUT2D eigenvalue weighted by Crippen LogP contribution is 2.33. The van der Waals surface area contributed by atoms with Crippen LogP contribution >= 0.6 is 0 Å². The Kier molecular flexibility index (Phi) is 7.33. The van der Waals surface area contributed by atoms with Crippen molar-refractivity contribution in [1.82, 2.24) is 0 Å². The minimum absolute atomic E-state index is 0.117. The van der Waals surface area contributed by atoms with Crippen LogP contribution in [0, 0.1) is 11.6 Å². The van der Waals surface area contributed by atoms with E-state index in [1.165, 1.54) is 5.56 Å². The van der Waals surface area contributed by atoms with E-state index in [1.807, 2.05) is 48.5 Å². The summed E-state index contributed by atoms with van der Waals surface area (Å²) in [4.78, 5) is 0. The SMILES string of the molecule is CCCc1ccc(-c2ccc(-c3ccc(C4COC(CCC)OC4)cc3)c(F)c2F)cc1. The highest BCUT2D eigenvalue weighted by molar-refractivity contribution is 5.72. The van der Waals surface area contributed by atoms with Crippen molar-refractivity contribution in [3.05, 3.63) is 83.4 Å². The molecule has 168 valence electrons. The Bertz CT molecular complexity index is 1020. The van der Waals surface area contributed by atoms with Crippen molar-refractivity contribution < 1.29 is 18.3 Å². The van der Waals surface area contributed by atoms with Crippen LogP contribution in [0.15, 0.2) is 60.7 Å². The van der Waals surface area contributed by atoms with Gasteiger partial charge < -0.3 is 9.47 Å². The van der Waals surface area contributed by atoms with Gasteiger partial charge >= 0.3 is 0 Å². The fourth-order valence-electron chi connectivity index (χ4n) is 4.21. The molecule has 3 aromatic rings. The Labute approximate surface area is 189 Å². The number of hydrogen-bond donors (Lipinski definition) is 0. The van der Waals surface area contributed by atoms with Crippen LogP contribution in [0.2, 0.25) is 0 Å². The number of rotatable bonds is 7. The maximum absolute atomic E-state index is 15.0. The average Bonchev–Trinajstić information content (AvgIpc) is 2.83. The topological polar surface area (TPSA) is 18.5 Å². The van der Waals surface area contributed by atoms with Crippen LogP contribution in [-0.2, 0) is 15.9 Å². The van der Waals surface area contributed by atoms with E-state index in [-0.39, 0.29) is 23.3 Å². The molecule has 0 N–H and O–H groups in total. The highest BCUT2D eigenvalue weighted by Gasteiger charge is 2.23. The lowest BCUT2D eigenvalue weighted by Crippen LogP contribution is -2.30. The van der Waals surface area contributed by atoms with Crippen molar-refractivity contribution in [1.29, 1.82) is 0 Å². The number of ether oxygens (including phenoxy) is 2. The van der Waals surface area contributed by atoms with Crippen LogP contribution in [0.5, 0.6) is 0 Å². The summed E-state index contributed by atoms with van der Waals surface area (Å²) < 4.78 is 41.5. The maximum atomic E-state index is 15.0. The Morgan fingerprint density at radius 2 is 1.25 bits per heavy atom. The van der Waals surface area contributed by atoms with Crippen molar-refractivity contribution in [2.75, 3.05) is 13.2 Å². The largest absolute Gasteiger partial charge is 0.352 e. The van der Waals surface area contributed by atoms with Crippen molar-refractivity contribution >= 4 is 0 Å². The van der Waals surface area contributed by atoms with Crippen LogP contribution in [-0.4, -0.2) is 19.5 Å². The number of benzene rings is 3. The molecule has 0 atom stereocenters. The van der Waals surface area contributed by atoms with Gasteiger partial charge in [0.2, 0.25) is 0 Å². The van der Waals surface area contributed by atoms with Crippen molar-refractivity contribution in [3.8, 4) is 22.3 Å². The Balaban J connectivity index is 1.51. The second kappa shape index (κ2) is 10.4. The van der Waals surface area contributed by atoms with E-state index in [4.69, 9.17) is 9.47 Å². The van der Waals surface area contributed by atoms with Crippen LogP contribution < -0.4 is 0 Å². The lowest BCUT2D eigenvalue weighted by molar-refractivity contribution is -0.189. The molecule has 32 heavy (non-hydrogen) atoms. The standard InChI is InChI=1S/C28H30F2O2/c1-3-5-19-7-9-21(10-8-19)24-15-16-25(28(30)27(24)29)22-13-11-20(12-14-22)23-17-31-26(6-4-2)32-18-23/h7-16,23,26H,3-6,17-18H2,1-2H3. The van der Waals surface area contributed by atoms with Gasteiger partial charge in [-0.25, -0.2) is 8.78 Å². The molecule has 1 aliphatic heterocycles. The van der Waals surface area contributed by atoms with Crippen LogP contribution in [0.4, 0.5) is 8.78 Å². The van der Waals surface area contributed by atoms with E-state index in [9.17, 15) is 8.78 Å². The van der Waals surface area contributed by atoms with Gasteiger partial charge in [0.05, 0.1) is 13.2 Å². The first-order valence-electron chi connectivity index (χ1n) is 11.5. The molecule has 0 bridgehead atoms. The van der Waals surface area contributed by atoms with Crippen molar-refractivity contribution in [3.63, 3.8) is 0 Å². The lowest BCUT2D eigenvalue weighted by atomic mass is 9.95. The molecule has 0 aliphatic carbocycles. The molecule has 4 heteroatoms. The summed E-state index contributed by atoms with van der Waals surface area (Å²) in [6.07, 6.45) is 3.83. The normalized spacial score (nSPS) is 18.6. The number of aryl methyl sites for hydroxylation is 1. The van der Waals surface area contributed by atoms with Gasteiger partial charge in [-0.2, -0.15) is 0 Å². The second-order valence-corrected chi connectivity index (χ2v) is 8.44. The van der Waals surface area contributed by atoms with E-state index in [1.54, 1.807) is 12.1 Å². The molecule has 1 heterocycles. The van der Waals surface area contributed by atoms with E-state index in [0.717, 1.165) is 31.2 Å². The van der Waals surface area contributed by atoms with Gasteiger partial charge in [0, 0.05) is 17.0 Å². The van der Waals surface area contributed by atoms with E-state index in [0.29, 0.717) is 24.3 Å². The average molecular weight is 437 g/mol. The molecule has 1 aliphatic rings. The quantitative estimate of drug-likeness (QED) is 0.382. The van der Waals surface area contributed by atoms with Gasteiger partial charge in [-0.3, -0.25) is 0 Å². The molecule has 1 saturated heterocycles. The predicted octanol–water partition coefficient (Wildman–Crippen LogP) is 7.51. The fourth-order valence-corrected chi connectivity index (χ4v) is 4.21. The minimum atomic E-state index is -0.820. The zero-order valence-corrected chi connectivity index (χ0v) is 18.7. The summed E-state index contributed by atoms with van der Waals surface area (Å²) >= 11 is 0. The highest BCUT2D eigenvalue weighted by atomic mass is 19.2. The third-order valence-electron chi connectivity index (χ3n) is 6.07. The van der Waals surface area contributed by atoms with Crippen LogP contribution in [0.3, 0.4) is 0 Å². The summed E-state index contributed by atoms with van der Waals surface area (Å²) in [5.74, 6) is -1.48. The van der Waals surface area contributed by atoms with E-state index >= 15 is 0 Å². The van der Waals surface area contributed by atoms with Gasteiger partial charge in [0.15, 0.2) is 17.9 Å². The zero-order chi connectivity index (χ0) is 22.5. The fraction of sp³-hybridized carbons (Fsp3) is 0.357. The van der Waals surface area contributed by atoms with Gasteiger partial charge in [-0.1, -0.05) is 87.4 Å². The molecule has 4 rings (SSSR count). The molecule has 0 spiro atoms. The summed E-state index contributed by atoms with van der Waals surface area (Å²) in [7, 11) is 0. The van der Waals surface area contributed by atoms with Crippen molar-refractivity contribution in [2.45, 2.75) is 51.7 Å². The van der Waals surface area contributed by atoms with E-state index < -0.39 is 11.6 Å². The minimum Gasteiger partial charge on any atom is -0.352 e. The molecule has 0 unspecified atom stereocenters. The molecule has 0 aromatic heterocycles. The van der Waals surface area contributed by atoms with Gasteiger partial charge in [0.1, 0.15) is 0 Å². The molecule has 1 fully saturated rings. The molecule has 0 saturated carbocycles. The lowest BCUT2D eigenvalue weighted by Gasteiger charge is -2.29. The smallest absolute Gasteiger partial charge is 0.167 e. The Morgan fingerprint density at radius 3 is 1.75 bits per heavy atom. The molecule has 2 nitrogen and oxygen atoms in total. The van der Waals surface area contributed by atoms with E-state index in [2.05, 4.69) is 13.8 Å². The monoisotopic (exact) mass is 436 g/mol. The summed E-state index contributed by atoms with van der Waals surface area (Å²) in [5.41, 5.74) is 4.15. The zero-order valence-electron chi connectivity index (χ0n) is 18.7. The summed E-state index contributed by atoms with van der Waals surface area (Å²) in [6.45, 7) is 5.44. The van der Waals surface area contributed by atoms with Crippen LogP contribution in [0.1, 0.15) is 50.2 Å². The first kappa shape index (κ1) is 22.6. The summed E-state index contributed by atoms with van der Waals surface area (Å²) in [5, 5.41) is 0. The first-order chi connectivity index (χ1) is 15.6. The second-order valence-electron chi connectivity index (χ2n) is 8.44. The predicted molar refractivity (Wildman–Crippen MR) is 125 cm³/mol. The molecule has 0 radical (unpaired) electrons. The van der Waals surface area contributed by atoms with Gasteiger partial charge in [0.25, 0.3) is 0 Å². The van der Waals surface area contributed by atoms with Crippen LogP contribution in [0.25, 0.3) is 22.3 Å². The third kappa shape index (κ3) is 4.92. The number of halogens is 2. The molecular weight excluding hydrogens is 406 g/mol. The Morgan fingerprint density at radius 1 is 0.719 bits per heavy atom. The van der Waals surface area contributed by atoms with Crippen molar-refractivity contribution in [2.24, 2.45) is 0 Å². The van der Waals surface area contributed by atoms with Gasteiger partial charge in [-0.05, 0) is 35.1 Å². The molecule has 3 aromatic carbocycles. The molecule has 0 amide bonds. The maximum Gasteiger partial charge on any atom is 0.167 e. The summed E-state index contributed by atoms with van der Waals surface area (Å²) in [6, 6.07) is 18.6. The molecular formula is C28H30F2O2. The Hall–Kier alpha value is -2.56. The third-order valence-corrected chi connectivity index (χ3v) is 6.07. The first-order valence-corrected chi connectivity index (χ1v) is 11.5.